The molecule has 29 heavy (non-hydrogen) atoms. The van der Waals surface area contributed by atoms with Crippen molar-refractivity contribution < 1.29 is 4.21 Å². The Morgan fingerprint density at radius 3 is 1.69 bits per heavy atom. The second-order valence-corrected chi connectivity index (χ2v) is 15.2. The Kier molecular flexibility index (Phi) is 5.03. The molecule has 0 unspecified atom stereocenters. The van der Waals surface area contributed by atoms with E-state index in [0.717, 1.165) is 15.4 Å². The zero-order valence-electron chi connectivity index (χ0n) is 15.8. The van der Waals surface area contributed by atoms with Crippen molar-refractivity contribution in [3.05, 3.63) is 115 Å². The van der Waals surface area contributed by atoms with Crippen LogP contribution in [-0.4, -0.2) is 24.4 Å². The van der Waals surface area contributed by atoms with E-state index in [0.29, 0.717) is 6.54 Å². The van der Waals surface area contributed by atoms with E-state index in [1.54, 1.807) is 0 Å². The van der Waals surface area contributed by atoms with Crippen molar-refractivity contribution in [3.8, 4) is 0 Å². The summed E-state index contributed by atoms with van der Waals surface area (Å²) in [5, 5.41) is 0. The number of hydrogen-bond donors (Lipinski definition) is 0. The summed E-state index contributed by atoms with van der Waals surface area (Å²) in [6, 6.07) is 37.4. The molecular formula is C25H20NOSSb. The molecule has 1 heterocycles. The van der Waals surface area contributed by atoms with Gasteiger partial charge in [-0.1, -0.05) is 0 Å². The molecule has 0 saturated carbocycles. The number of nitrogens with zero attached hydrogens (tertiary/aromatic N) is 1. The van der Waals surface area contributed by atoms with Gasteiger partial charge in [0.25, 0.3) is 0 Å². The SMILES string of the molecule is O=S1(=NCc2ccccc2)c2cccc[c]2[Sb]([c]2ccccc2)[c]2ccccc21. The molecule has 0 atom stereocenters. The van der Waals surface area contributed by atoms with Gasteiger partial charge in [-0.25, -0.2) is 0 Å². The van der Waals surface area contributed by atoms with Gasteiger partial charge in [0.15, 0.2) is 0 Å². The van der Waals surface area contributed by atoms with Gasteiger partial charge < -0.3 is 0 Å². The summed E-state index contributed by atoms with van der Waals surface area (Å²) < 4.78 is 23.2. The molecule has 142 valence electrons. The van der Waals surface area contributed by atoms with Crippen molar-refractivity contribution >= 4 is 40.5 Å². The van der Waals surface area contributed by atoms with E-state index in [-0.39, 0.29) is 0 Å². The zero-order valence-corrected chi connectivity index (χ0v) is 19.2. The maximum atomic E-state index is 14.5. The molecule has 0 saturated heterocycles. The summed E-state index contributed by atoms with van der Waals surface area (Å²) in [5.74, 6) is 0. The second-order valence-electron chi connectivity index (χ2n) is 6.91. The van der Waals surface area contributed by atoms with Crippen LogP contribution in [0.4, 0.5) is 0 Å². The zero-order chi connectivity index (χ0) is 19.7. The van der Waals surface area contributed by atoms with Crippen molar-refractivity contribution in [3.63, 3.8) is 0 Å². The van der Waals surface area contributed by atoms with Crippen LogP contribution in [0.5, 0.6) is 0 Å². The van der Waals surface area contributed by atoms with Crippen LogP contribution in [0.1, 0.15) is 5.56 Å². The molecule has 0 fully saturated rings. The van der Waals surface area contributed by atoms with Crippen molar-refractivity contribution in [1.82, 2.24) is 0 Å². The summed E-state index contributed by atoms with van der Waals surface area (Å²) in [7, 11) is -2.68. The molecule has 0 spiro atoms. The van der Waals surface area contributed by atoms with Crippen LogP contribution in [0.25, 0.3) is 0 Å². The van der Waals surface area contributed by atoms with E-state index < -0.39 is 29.9 Å². The van der Waals surface area contributed by atoms with Crippen LogP contribution in [-0.2, 0) is 16.3 Å². The molecule has 4 aromatic carbocycles. The minimum absolute atomic E-state index is 0.449. The Morgan fingerprint density at radius 2 is 1.10 bits per heavy atom. The van der Waals surface area contributed by atoms with E-state index in [4.69, 9.17) is 4.36 Å². The van der Waals surface area contributed by atoms with Gasteiger partial charge in [-0.2, -0.15) is 0 Å². The van der Waals surface area contributed by atoms with Gasteiger partial charge in [0.05, 0.1) is 0 Å². The number of fused-ring (bicyclic) bond motifs is 2. The molecule has 2 nitrogen and oxygen atoms in total. The molecule has 0 bridgehead atoms. The van der Waals surface area contributed by atoms with Crippen LogP contribution >= 0.6 is 0 Å². The summed E-state index contributed by atoms with van der Waals surface area (Å²) in [6.07, 6.45) is 0. The van der Waals surface area contributed by atoms with Crippen LogP contribution in [0.15, 0.2) is 123 Å². The van der Waals surface area contributed by atoms with Crippen molar-refractivity contribution in [2.45, 2.75) is 16.3 Å². The van der Waals surface area contributed by atoms with Crippen LogP contribution < -0.4 is 10.5 Å². The summed E-state index contributed by atoms with van der Waals surface area (Å²) in [6.45, 7) is 0.449. The summed E-state index contributed by atoms with van der Waals surface area (Å²) in [4.78, 5) is 1.84. The maximum absolute atomic E-state index is 14.5. The third kappa shape index (κ3) is 3.33. The predicted octanol–water partition coefficient (Wildman–Crippen LogP) is 3.60. The summed E-state index contributed by atoms with van der Waals surface area (Å²) >= 11 is -2.26. The van der Waals surface area contributed by atoms with Gasteiger partial charge in [-0.05, 0) is 0 Å². The van der Waals surface area contributed by atoms with Gasteiger partial charge >= 0.3 is 180 Å². The molecule has 0 amide bonds. The first-order valence-electron chi connectivity index (χ1n) is 9.57. The van der Waals surface area contributed by atoms with E-state index in [1.165, 1.54) is 10.5 Å². The Morgan fingerprint density at radius 1 is 0.621 bits per heavy atom. The fraction of sp³-hybridized carbons (Fsp3) is 0.0400. The third-order valence-electron chi connectivity index (χ3n) is 5.09. The minimum atomic E-state index is -2.68. The first kappa shape index (κ1) is 18.7. The van der Waals surface area contributed by atoms with Gasteiger partial charge in [-0.3, -0.25) is 0 Å². The van der Waals surface area contributed by atoms with Crippen molar-refractivity contribution in [2.24, 2.45) is 4.36 Å². The number of rotatable bonds is 3. The fourth-order valence-corrected chi connectivity index (χ4v) is 15.9. The Labute approximate surface area is 179 Å². The van der Waals surface area contributed by atoms with Crippen molar-refractivity contribution in [2.75, 3.05) is 0 Å². The Bertz CT molecular complexity index is 1220. The molecule has 1 aliphatic rings. The molecule has 0 aliphatic carbocycles. The average molecular weight is 504 g/mol. The topological polar surface area (TPSA) is 29.4 Å². The second kappa shape index (κ2) is 7.82. The monoisotopic (exact) mass is 503 g/mol. The fourth-order valence-electron chi connectivity index (χ4n) is 3.74. The predicted molar refractivity (Wildman–Crippen MR) is 121 cm³/mol. The first-order chi connectivity index (χ1) is 14.3. The normalized spacial score (nSPS) is 14.6. The average Bonchev–Trinajstić information content (AvgIpc) is 2.80. The Balaban J connectivity index is 1.76. The Hall–Kier alpha value is -2.35. The van der Waals surface area contributed by atoms with Crippen LogP contribution in [0.2, 0.25) is 0 Å². The first-order valence-corrected chi connectivity index (χ1v) is 14.9. The molecule has 4 heteroatoms. The van der Waals surface area contributed by atoms with Gasteiger partial charge in [0.1, 0.15) is 0 Å². The third-order valence-corrected chi connectivity index (χ3v) is 15.7. The van der Waals surface area contributed by atoms with E-state index in [1.807, 2.05) is 54.6 Å². The van der Waals surface area contributed by atoms with E-state index >= 15 is 0 Å². The molecule has 0 radical (unpaired) electrons. The molecule has 1 aliphatic heterocycles. The molecule has 0 N–H and O–H groups in total. The molecule has 4 aromatic rings. The van der Waals surface area contributed by atoms with Crippen LogP contribution in [0.3, 0.4) is 0 Å². The number of benzene rings is 4. The molecule has 5 rings (SSSR count). The van der Waals surface area contributed by atoms with E-state index in [2.05, 4.69) is 54.6 Å². The standard InChI is InChI=1S/C19H15NOS.C6H5.Sb/c21-22(18-12-6-2-7-13-18,19-14-8-3-9-15-19)20-16-17-10-4-1-5-11-17;1-2-4-6-5-3-1;/h1-12,14H,16H2;1-5H;. The quantitative estimate of drug-likeness (QED) is 0.346. The molecular weight excluding hydrogens is 484 g/mol. The van der Waals surface area contributed by atoms with Gasteiger partial charge in [-0.15, -0.1) is 0 Å². The van der Waals surface area contributed by atoms with Gasteiger partial charge in [0.2, 0.25) is 0 Å². The molecule has 0 aromatic heterocycles. The van der Waals surface area contributed by atoms with Crippen LogP contribution in [0, 0.1) is 0 Å². The number of hydrogen-bond acceptors (Lipinski definition) is 2. The van der Waals surface area contributed by atoms with Crippen molar-refractivity contribution in [1.29, 1.82) is 0 Å². The van der Waals surface area contributed by atoms with Gasteiger partial charge in [0, 0.05) is 0 Å². The van der Waals surface area contributed by atoms with E-state index in [9.17, 15) is 4.21 Å². The summed E-state index contributed by atoms with van der Waals surface area (Å²) in [5.41, 5.74) is 1.08.